The number of hydrogen-bond donors (Lipinski definition) is 0. The number of nitrogens with zero attached hydrogens (tertiary/aromatic N) is 5. The van der Waals surface area contributed by atoms with Gasteiger partial charge in [-0.2, -0.15) is 0 Å². The first-order valence-corrected chi connectivity index (χ1v) is 6.70. The third-order valence-electron chi connectivity index (χ3n) is 3.93. The number of likely N-dealkylation sites (N-methyl/N-ethyl adjacent to an activating group) is 1. The van der Waals surface area contributed by atoms with E-state index in [2.05, 4.69) is 19.9 Å². The molecule has 0 radical (unpaired) electrons. The lowest BCUT2D eigenvalue weighted by molar-refractivity contribution is -0.129. The summed E-state index contributed by atoms with van der Waals surface area (Å²) < 4.78 is 0. The summed E-state index contributed by atoms with van der Waals surface area (Å²) in [5, 5.41) is 1.01. The van der Waals surface area contributed by atoms with Crippen LogP contribution in [0.2, 0.25) is 0 Å². The number of pyridine rings is 1. The van der Waals surface area contributed by atoms with Crippen LogP contribution in [0.25, 0.3) is 10.9 Å². The Kier molecular flexibility index (Phi) is 3.22. The molecule has 2 aromatic rings. The molecular formula is C14H17N5O. The Bertz CT molecular complexity index is 639. The van der Waals surface area contributed by atoms with Gasteiger partial charge in [-0.3, -0.25) is 9.78 Å². The van der Waals surface area contributed by atoms with Crippen LogP contribution >= 0.6 is 0 Å². The molecule has 1 aliphatic rings. The molecule has 3 rings (SSSR count). The second-order valence-corrected chi connectivity index (χ2v) is 5.11. The van der Waals surface area contributed by atoms with Gasteiger partial charge in [0.25, 0.3) is 0 Å². The first-order chi connectivity index (χ1) is 9.66. The van der Waals surface area contributed by atoms with Crippen molar-refractivity contribution in [1.29, 1.82) is 0 Å². The van der Waals surface area contributed by atoms with Crippen LogP contribution in [-0.2, 0) is 4.79 Å². The van der Waals surface area contributed by atoms with E-state index in [1.807, 2.05) is 18.0 Å². The van der Waals surface area contributed by atoms with E-state index in [9.17, 15) is 4.79 Å². The monoisotopic (exact) mass is 271 g/mol. The first kappa shape index (κ1) is 12.8. The molecule has 1 amide bonds. The minimum Gasteiger partial charge on any atom is -0.354 e. The molecule has 0 bridgehead atoms. The Hall–Kier alpha value is -2.24. The Labute approximate surface area is 117 Å². The summed E-state index contributed by atoms with van der Waals surface area (Å²) in [7, 11) is 1.86. The van der Waals surface area contributed by atoms with Crippen LogP contribution in [0.3, 0.4) is 0 Å². The van der Waals surface area contributed by atoms with Crippen molar-refractivity contribution in [3.05, 3.63) is 24.8 Å². The van der Waals surface area contributed by atoms with Crippen molar-refractivity contribution in [2.24, 2.45) is 0 Å². The second kappa shape index (κ2) is 5.03. The lowest BCUT2D eigenvalue weighted by Gasteiger charge is -2.24. The number of carbonyl (C=O) groups excluding carboxylic acids is 1. The zero-order valence-corrected chi connectivity index (χ0v) is 11.7. The molecule has 1 atom stereocenters. The highest BCUT2D eigenvalue weighted by molar-refractivity contribution is 5.88. The van der Waals surface area contributed by atoms with Crippen LogP contribution in [0.15, 0.2) is 24.8 Å². The molecular weight excluding hydrogens is 254 g/mol. The summed E-state index contributed by atoms with van der Waals surface area (Å²) >= 11 is 0. The zero-order valence-electron chi connectivity index (χ0n) is 11.7. The Balaban J connectivity index is 1.88. The molecule has 1 fully saturated rings. The van der Waals surface area contributed by atoms with E-state index in [1.165, 1.54) is 0 Å². The standard InChI is InChI=1S/C14H17N5O/c1-10(20)18(2)11-4-6-19(8-11)14-12-3-5-15-7-13(12)16-9-17-14/h3,5,7,9,11H,4,6,8H2,1-2H3. The van der Waals surface area contributed by atoms with Crippen molar-refractivity contribution < 1.29 is 4.79 Å². The van der Waals surface area contributed by atoms with Gasteiger partial charge in [0.15, 0.2) is 0 Å². The molecule has 2 aromatic heterocycles. The van der Waals surface area contributed by atoms with Gasteiger partial charge in [-0.25, -0.2) is 9.97 Å². The number of carbonyl (C=O) groups is 1. The Morgan fingerprint density at radius 1 is 1.45 bits per heavy atom. The molecule has 20 heavy (non-hydrogen) atoms. The van der Waals surface area contributed by atoms with Gasteiger partial charge >= 0.3 is 0 Å². The fourth-order valence-corrected chi connectivity index (χ4v) is 2.65. The molecule has 104 valence electrons. The number of amides is 1. The number of hydrogen-bond acceptors (Lipinski definition) is 5. The van der Waals surface area contributed by atoms with Crippen LogP contribution in [0.4, 0.5) is 5.82 Å². The van der Waals surface area contributed by atoms with Crippen LogP contribution in [0, 0.1) is 0 Å². The van der Waals surface area contributed by atoms with Gasteiger partial charge in [-0.1, -0.05) is 0 Å². The maximum Gasteiger partial charge on any atom is 0.219 e. The Morgan fingerprint density at radius 3 is 3.10 bits per heavy atom. The maximum atomic E-state index is 11.5. The predicted octanol–water partition coefficient (Wildman–Crippen LogP) is 1.08. The van der Waals surface area contributed by atoms with Crippen LogP contribution in [0.5, 0.6) is 0 Å². The maximum absolute atomic E-state index is 11.5. The van der Waals surface area contributed by atoms with E-state index in [0.717, 1.165) is 36.2 Å². The van der Waals surface area contributed by atoms with Crippen LogP contribution in [-0.4, -0.2) is 51.9 Å². The van der Waals surface area contributed by atoms with Gasteiger partial charge in [0.2, 0.25) is 5.91 Å². The number of anilines is 1. The molecule has 6 nitrogen and oxygen atoms in total. The van der Waals surface area contributed by atoms with Crippen LogP contribution < -0.4 is 4.90 Å². The average Bonchev–Trinajstić information content (AvgIpc) is 2.95. The number of rotatable bonds is 2. The average molecular weight is 271 g/mol. The third kappa shape index (κ3) is 2.17. The smallest absolute Gasteiger partial charge is 0.219 e. The Morgan fingerprint density at radius 2 is 2.30 bits per heavy atom. The van der Waals surface area contributed by atoms with E-state index in [1.54, 1.807) is 25.6 Å². The van der Waals surface area contributed by atoms with Gasteiger partial charge in [0, 0.05) is 38.6 Å². The van der Waals surface area contributed by atoms with Crippen molar-refractivity contribution in [2.75, 3.05) is 25.0 Å². The molecule has 1 saturated heterocycles. The third-order valence-corrected chi connectivity index (χ3v) is 3.93. The highest BCUT2D eigenvalue weighted by atomic mass is 16.2. The lowest BCUT2D eigenvalue weighted by atomic mass is 10.2. The number of aromatic nitrogens is 3. The topological polar surface area (TPSA) is 62.2 Å². The SMILES string of the molecule is CC(=O)N(C)C1CCN(c2ncnc3cnccc23)C1. The molecule has 0 aliphatic carbocycles. The molecule has 0 aromatic carbocycles. The summed E-state index contributed by atoms with van der Waals surface area (Å²) in [5.74, 6) is 1.03. The summed E-state index contributed by atoms with van der Waals surface area (Å²) in [6, 6.07) is 2.19. The van der Waals surface area contributed by atoms with E-state index in [4.69, 9.17) is 0 Å². The highest BCUT2D eigenvalue weighted by Crippen LogP contribution is 2.26. The van der Waals surface area contributed by atoms with Crippen LogP contribution in [0.1, 0.15) is 13.3 Å². The van der Waals surface area contributed by atoms with E-state index < -0.39 is 0 Å². The summed E-state index contributed by atoms with van der Waals surface area (Å²) in [5.41, 5.74) is 0.848. The van der Waals surface area contributed by atoms with Gasteiger partial charge in [0.05, 0.1) is 17.8 Å². The molecule has 0 spiro atoms. The predicted molar refractivity (Wildman–Crippen MR) is 76.4 cm³/mol. The quantitative estimate of drug-likeness (QED) is 0.818. The molecule has 0 N–H and O–H groups in total. The molecule has 0 saturated carbocycles. The van der Waals surface area contributed by atoms with Gasteiger partial charge in [-0.05, 0) is 12.5 Å². The minimum absolute atomic E-state index is 0.105. The largest absolute Gasteiger partial charge is 0.354 e. The van der Waals surface area contributed by atoms with Gasteiger partial charge < -0.3 is 9.80 Å². The molecule has 1 aliphatic heterocycles. The first-order valence-electron chi connectivity index (χ1n) is 6.70. The van der Waals surface area contributed by atoms with Crippen molar-refractivity contribution in [3.8, 4) is 0 Å². The molecule has 6 heteroatoms. The fourth-order valence-electron chi connectivity index (χ4n) is 2.65. The zero-order chi connectivity index (χ0) is 14.1. The highest BCUT2D eigenvalue weighted by Gasteiger charge is 2.28. The van der Waals surface area contributed by atoms with Gasteiger partial charge in [0.1, 0.15) is 12.1 Å². The summed E-state index contributed by atoms with van der Waals surface area (Å²) in [4.78, 5) is 28.2. The molecule has 1 unspecified atom stereocenters. The fraction of sp³-hybridized carbons (Fsp3) is 0.429. The minimum atomic E-state index is 0.105. The normalized spacial score (nSPS) is 18.5. The van der Waals surface area contributed by atoms with E-state index >= 15 is 0 Å². The lowest BCUT2D eigenvalue weighted by Crippen LogP contribution is -2.37. The molecule has 3 heterocycles. The number of fused-ring (bicyclic) bond motifs is 1. The van der Waals surface area contributed by atoms with Crippen molar-refractivity contribution >= 4 is 22.6 Å². The van der Waals surface area contributed by atoms with E-state index in [0.29, 0.717) is 0 Å². The van der Waals surface area contributed by atoms with Crippen molar-refractivity contribution in [2.45, 2.75) is 19.4 Å². The van der Waals surface area contributed by atoms with Gasteiger partial charge in [-0.15, -0.1) is 0 Å². The van der Waals surface area contributed by atoms with Crippen molar-refractivity contribution in [3.63, 3.8) is 0 Å². The summed E-state index contributed by atoms with van der Waals surface area (Å²) in [6.45, 7) is 3.32. The van der Waals surface area contributed by atoms with E-state index in [-0.39, 0.29) is 11.9 Å². The summed E-state index contributed by atoms with van der Waals surface area (Å²) in [6.07, 6.45) is 6.04. The van der Waals surface area contributed by atoms with Crippen molar-refractivity contribution in [1.82, 2.24) is 19.9 Å². The second-order valence-electron chi connectivity index (χ2n) is 5.11.